The summed E-state index contributed by atoms with van der Waals surface area (Å²) in [5.41, 5.74) is 5.01. The zero-order valence-corrected chi connectivity index (χ0v) is 12.6. The highest BCUT2D eigenvalue weighted by Crippen LogP contribution is 2.34. The van der Waals surface area contributed by atoms with Gasteiger partial charge in [-0.15, -0.1) is 11.8 Å². The van der Waals surface area contributed by atoms with Crippen molar-refractivity contribution in [1.29, 1.82) is 0 Å². The van der Waals surface area contributed by atoms with Gasteiger partial charge in [0, 0.05) is 10.1 Å². The van der Waals surface area contributed by atoms with Crippen LogP contribution in [0.3, 0.4) is 0 Å². The number of methoxy groups -OCH3 is 2. The maximum Gasteiger partial charge on any atom is 0.325 e. The topological polar surface area (TPSA) is 61.5 Å². The summed E-state index contributed by atoms with van der Waals surface area (Å²) in [4.78, 5) is 12.6. The van der Waals surface area contributed by atoms with Crippen LogP contribution in [0.15, 0.2) is 29.2 Å². The molecule has 0 saturated carbocycles. The third-order valence-corrected chi connectivity index (χ3v) is 3.92. The predicted octanol–water partition coefficient (Wildman–Crippen LogP) is 2.46. The smallest absolute Gasteiger partial charge is 0.325 e. The van der Waals surface area contributed by atoms with Crippen LogP contribution in [0.1, 0.15) is 20.3 Å². The van der Waals surface area contributed by atoms with Gasteiger partial charge in [0.05, 0.1) is 14.2 Å². The second kappa shape index (κ2) is 6.82. The Labute approximate surface area is 118 Å². The highest BCUT2D eigenvalue weighted by atomic mass is 32.2. The first-order valence-electron chi connectivity index (χ1n) is 6.07. The van der Waals surface area contributed by atoms with Crippen molar-refractivity contribution in [1.82, 2.24) is 0 Å². The van der Waals surface area contributed by atoms with Gasteiger partial charge in [0.2, 0.25) is 0 Å². The molecule has 1 rings (SSSR count). The summed E-state index contributed by atoms with van der Waals surface area (Å²) in [6.07, 6.45) is 0.530. The molecule has 0 bridgehead atoms. The van der Waals surface area contributed by atoms with Gasteiger partial charge in [-0.05, 0) is 25.5 Å². The van der Waals surface area contributed by atoms with Gasteiger partial charge in [0.1, 0.15) is 11.3 Å². The minimum Gasteiger partial charge on any atom is -0.496 e. The number of carbonyl (C=O) groups excluding carboxylic acids is 1. The van der Waals surface area contributed by atoms with Crippen LogP contribution < -0.4 is 10.5 Å². The standard InChI is InChI=1S/C14H21NO3S/c1-10(9-14(2,15)13(16)18-4)19-12-8-6-5-7-11(12)17-3/h5-8,10H,9,15H2,1-4H3. The number of benzene rings is 1. The molecular weight excluding hydrogens is 262 g/mol. The van der Waals surface area contributed by atoms with Gasteiger partial charge in [-0.1, -0.05) is 19.1 Å². The van der Waals surface area contributed by atoms with Crippen molar-refractivity contribution in [2.24, 2.45) is 5.73 Å². The molecule has 0 fully saturated rings. The number of hydrogen-bond acceptors (Lipinski definition) is 5. The van der Waals surface area contributed by atoms with E-state index in [2.05, 4.69) is 0 Å². The number of hydrogen-bond donors (Lipinski definition) is 1. The van der Waals surface area contributed by atoms with Crippen LogP contribution in [-0.4, -0.2) is 31.0 Å². The van der Waals surface area contributed by atoms with E-state index in [0.717, 1.165) is 10.6 Å². The molecule has 1 aromatic rings. The van der Waals surface area contributed by atoms with Crippen LogP contribution in [0.4, 0.5) is 0 Å². The van der Waals surface area contributed by atoms with E-state index in [-0.39, 0.29) is 11.2 Å². The van der Waals surface area contributed by atoms with E-state index in [0.29, 0.717) is 6.42 Å². The summed E-state index contributed by atoms with van der Waals surface area (Å²) in [6, 6.07) is 7.79. The Morgan fingerprint density at radius 1 is 1.42 bits per heavy atom. The summed E-state index contributed by atoms with van der Waals surface area (Å²) < 4.78 is 10.0. The van der Waals surface area contributed by atoms with Crippen molar-refractivity contribution in [3.8, 4) is 5.75 Å². The molecule has 0 aliphatic heterocycles. The lowest BCUT2D eigenvalue weighted by molar-refractivity contribution is -0.146. The fraction of sp³-hybridized carbons (Fsp3) is 0.500. The normalized spacial score (nSPS) is 15.4. The first-order valence-corrected chi connectivity index (χ1v) is 6.95. The van der Waals surface area contributed by atoms with Crippen molar-refractivity contribution in [2.75, 3.05) is 14.2 Å². The molecule has 0 aromatic heterocycles. The lowest BCUT2D eigenvalue weighted by Gasteiger charge is -2.25. The summed E-state index contributed by atoms with van der Waals surface area (Å²) >= 11 is 1.64. The van der Waals surface area contributed by atoms with Crippen molar-refractivity contribution >= 4 is 17.7 Å². The Balaban J connectivity index is 2.70. The van der Waals surface area contributed by atoms with Gasteiger partial charge < -0.3 is 15.2 Å². The fourth-order valence-corrected chi connectivity index (χ4v) is 3.18. The average molecular weight is 283 g/mol. The van der Waals surface area contributed by atoms with Crippen LogP contribution in [0.2, 0.25) is 0 Å². The van der Waals surface area contributed by atoms with Crippen LogP contribution in [-0.2, 0) is 9.53 Å². The van der Waals surface area contributed by atoms with Gasteiger partial charge in [0.15, 0.2) is 0 Å². The molecule has 0 amide bonds. The molecule has 2 atom stereocenters. The Hall–Kier alpha value is -1.20. The number of nitrogens with two attached hydrogens (primary N) is 1. The second-order valence-electron chi connectivity index (χ2n) is 4.69. The zero-order valence-electron chi connectivity index (χ0n) is 11.8. The molecule has 19 heavy (non-hydrogen) atoms. The lowest BCUT2D eigenvalue weighted by atomic mass is 9.98. The molecule has 0 radical (unpaired) electrons. The van der Waals surface area contributed by atoms with E-state index in [9.17, 15) is 4.79 Å². The molecule has 0 saturated heterocycles. The molecule has 4 nitrogen and oxygen atoms in total. The van der Waals surface area contributed by atoms with E-state index in [1.807, 2.05) is 31.2 Å². The minimum atomic E-state index is -0.969. The second-order valence-corrected chi connectivity index (χ2v) is 6.17. The number of esters is 1. The van der Waals surface area contributed by atoms with Gasteiger partial charge in [-0.3, -0.25) is 4.79 Å². The van der Waals surface area contributed by atoms with Crippen molar-refractivity contribution in [3.63, 3.8) is 0 Å². The monoisotopic (exact) mass is 283 g/mol. The van der Waals surface area contributed by atoms with E-state index in [4.69, 9.17) is 15.2 Å². The first-order chi connectivity index (χ1) is 8.90. The van der Waals surface area contributed by atoms with E-state index < -0.39 is 5.54 Å². The maximum atomic E-state index is 11.6. The van der Waals surface area contributed by atoms with Gasteiger partial charge in [0.25, 0.3) is 0 Å². The summed E-state index contributed by atoms with van der Waals surface area (Å²) in [7, 11) is 3.00. The van der Waals surface area contributed by atoms with Crippen molar-refractivity contribution in [3.05, 3.63) is 24.3 Å². The summed E-state index contributed by atoms with van der Waals surface area (Å²) in [5, 5.41) is 0.172. The summed E-state index contributed by atoms with van der Waals surface area (Å²) in [5.74, 6) is 0.441. The Morgan fingerprint density at radius 3 is 2.63 bits per heavy atom. The molecule has 0 heterocycles. The zero-order chi connectivity index (χ0) is 14.5. The molecule has 2 unspecified atom stereocenters. The number of thioether (sulfide) groups is 1. The molecule has 0 spiro atoms. The molecule has 0 aliphatic rings. The number of ether oxygens (including phenoxy) is 2. The fourth-order valence-electron chi connectivity index (χ4n) is 1.89. The molecular formula is C14H21NO3S. The molecule has 106 valence electrons. The quantitative estimate of drug-likeness (QED) is 0.642. The molecule has 2 N–H and O–H groups in total. The summed E-state index contributed by atoms with van der Waals surface area (Å²) in [6.45, 7) is 3.73. The van der Waals surface area contributed by atoms with Gasteiger partial charge >= 0.3 is 5.97 Å². The van der Waals surface area contributed by atoms with E-state index in [1.165, 1.54) is 7.11 Å². The van der Waals surface area contributed by atoms with Crippen LogP contribution in [0.5, 0.6) is 5.75 Å². The Bertz CT molecular complexity index is 434. The van der Waals surface area contributed by atoms with Crippen LogP contribution in [0.25, 0.3) is 0 Å². The molecule has 1 aromatic carbocycles. The lowest BCUT2D eigenvalue weighted by Crippen LogP contribution is -2.47. The predicted molar refractivity (Wildman–Crippen MR) is 77.5 cm³/mol. The number of para-hydroxylation sites is 1. The van der Waals surface area contributed by atoms with Crippen molar-refractivity contribution < 1.29 is 14.3 Å². The molecule has 0 aliphatic carbocycles. The van der Waals surface area contributed by atoms with Crippen LogP contribution in [0, 0.1) is 0 Å². The Kier molecular flexibility index (Phi) is 5.69. The van der Waals surface area contributed by atoms with Gasteiger partial charge in [-0.25, -0.2) is 0 Å². The van der Waals surface area contributed by atoms with Crippen LogP contribution >= 0.6 is 11.8 Å². The largest absolute Gasteiger partial charge is 0.496 e. The third kappa shape index (κ3) is 4.44. The Morgan fingerprint density at radius 2 is 2.05 bits per heavy atom. The highest BCUT2D eigenvalue weighted by Gasteiger charge is 2.31. The number of rotatable bonds is 6. The maximum absolute atomic E-state index is 11.6. The van der Waals surface area contributed by atoms with Crippen molar-refractivity contribution in [2.45, 2.75) is 36.0 Å². The van der Waals surface area contributed by atoms with E-state index >= 15 is 0 Å². The minimum absolute atomic E-state index is 0.172. The third-order valence-electron chi connectivity index (χ3n) is 2.76. The average Bonchev–Trinajstić information content (AvgIpc) is 2.37. The molecule has 5 heteroatoms. The SMILES string of the molecule is COC(=O)C(C)(N)CC(C)Sc1ccccc1OC. The first kappa shape index (κ1) is 15.9. The highest BCUT2D eigenvalue weighted by molar-refractivity contribution is 8.00. The van der Waals surface area contributed by atoms with Gasteiger partial charge in [-0.2, -0.15) is 0 Å². The van der Waals surface area contributed by atoms with E-state index in [1.54, 1.807) is 25.8 Å². The number of carbonyl (C=O) groups is 1.